The zero-order chi connectivity index (χ0) is 16.5. The highest BCUT2D eigenvalue weighted by Gasteiger charge is 2.26. The summed E-state index contributed by atoms with van der Waals surface area (Å²) in [6, 6.07) is 4.27. The SMILES string of the molecule is C=Cc1cc(C)cc2c1N(C)CCN(C(=O)OC(C)(C)C)C2. The zero-order valence-electron chi connectivity index (χ0n) is 14.3. The van der Waals surface area contributed by atoms with Crippen molar-refractivity contribution < 1.29 is 9.53 Å². The molecule has 0 N–H and O–H groups in total. The number of benzene rings is 1. The van der Waals surface area contributed by atoms with Crippen molar-refractivity contribution in [1.29, 1.82) is 0 Å². The molecule has 120 valence electrons. The van der Waals surface area contributed by atoms with E-state index in [1.54, 1.807) is 4.90 Å². The van der Waals surface area contributed by atoms with Crippen molar-refractivity contribution in [3.05, 3.63) is 35.4 Å². The fourth-order valence-corrected chi connectivity index (χ4v) is 2.78. The van der Waals surface area contributed by atoms with Crippen LogP contribution in [-0.4, -0.2) is 36.7 Å². The van der Waals surface area contributed by atoms with Gasteiger partial charge in [0.15, 0.2) is 0 Å². The molecule has 22 heavy (non-hydrogen) atoms. The van der Waals surface area contributed by atoms with Crippen molar-refractivity contribution in [1.82, 2.24) is 4.90 Å². The Morgan fingerprint density at radius 1 is 1.32 bits per heavy atom. The van der Waals surface area contributed by atoms with E-state index in [1.807, 2.05) is 26.8 Å². The quantitative estimate of drug-likeness (QED) is 0.790. The van der Waals surface area contributed by atoms with Crippen LogP contribution in [0, 0.1) is 6.92 Å². The van der Waals surface area contributed by atoms with Gasteiger partial charge in [0.25, 0.3) is 0 Å². The van der Waals surface area contributed by atoms with Crippen molar-refractivity contribution in [3.8, 4) is 0 Å². The molecule has 1 amide bonds. The first kappa shape index (κ1) is 16.4. The summed E-state index contributed by atoms with van der Waals surface area (Å²) in [5, 5.41) is 0. The normalized spacial score (nSPS) is 15.1. The van der Waals surface area contributed by atoms with E-state index in [4.69, 9.17) is 4.74 Å². The number of hydrogen-bond donors (Lipinski definition) is 0. The molecule has 2 rings (SSSR count). The van der Waals surface area contributed by atoms with Gasteiger partial charge in [-0.05, 0) is 44.9 Å². The first-order valence-corrected chi connectivity index (χ1v) is 7.66. The second-order valence-corrected chi connectivity index (χ2v) is 6.89. The number of fused-ring (bicyclic) bond motifs is 1. The first-order chi connectivity index (χ1) is 10.2. The highest BCUT2D eigenvalue weighted by Crippen LogP contribution is 2.31. The highest BCUT2D eigenvalue weighted by molar-refractivity contribution is 5.74. The summed E-state index contributed by atoms with van der Waals surface area (Å²) in [4.78, 5) is 16.4. The third-order valence-corrected chi connectivity index (χ3v) is 3.68. The van der Waals surface area contributed by atoms with Crippen LogP contribution in [0.3, 0.4) is 0 Å². The number of amides is 1. The Hall–Kier alpha value is -1.97. The summed E-state index contributed by atoms with van der Waals surface area (Å²) in [7, 11) is 2.06. The molecule has 4 heteroatoms. The number of ether oxygens (including phenoxy) is 1. The Morgan fingerprint density at radius 3 is 2.59 bits per heavy atom. The van der Waals surface area contributed by atoms with Gasteiger partial charge in [0, 0.05) is 25.8 Å². The summed E-state index contributed by atoms with van der Waals surface area (Å²) in [5.74, 6) is 0. The van der Waals surface area contributed by atoms with E-state index < -0.39 is 5.60 Å². The molecule has 0 aromatic heterocycles. The van der Waals surface area contributed by atoms with E-state index in [0.717, 1.165) is 23.4 Å². The van der Waals surface area contributed by atoms with Gasteiger partial charge in [-0.25, -0.2) is 4.79 Å². The minimum atomic E-state index is -0.475. The summed E-state index contributed by atoms with van der Waals surface area (Å²) >= 11 is 0. The Balaban J connectivity index is 2.34. The second kappa shape index (κ2) is 6.03. The molecule has 1 aromatic carbocycles. The third kappa shape index (κ3) is 3.62. The van der Waals surface area contributed by atoms with Crippen LogP contribution in [0.4, 0.5) is 10.5 Å². The van der Waals surface area contributed by atoms with Gasteiger partial charge in [-0.2, -0.15) is 0 Å². The smallest absolute Gasteiger partial charge is 0.410 e. The molecule has 1 aromatic rings. The Kier molecular flexibility index (Phi) is 4.50. The molecule has 4 nitrogen and oxygen atoms in total. The van der Waals surface area contributed by atoms with Crippen LogP contribution in [-0.2, 0) is 11.3 Å². The van der Waals surface area contributed by atoms with Crippen LogP contribution in [0.2, 0.25) is 0 Å². The molecule has 1 aliphatic heterocycles. The standard InChI is InChI=1S/C18H26N2O2/c1-7-14-10-13(2)11-15-12-20(9-8-19(6)16(14)15)17(21)22-18(3,4)5/h7,10-11H,1,8-9,12H2,2-6H3. The zero-order valence-corrected chi connectivity index (χ0v) is 14.3. The fraction of sp³-hybridized carbons (Fsp3) is 0.500. The molecule has 0 aliphatic carbocycles. The molecular weight excluding hydrogens is 276 g/mol. The van der Waals surface area contributed by atoms with Crippen LogP contribution in [0.5, 0.6) is 0 Å². The number of likely N-dealkylation sites (N-methyl/N-ethyl adjacent to an activating group) is 1. The number of rotatable bonds is 1. The molecule has 0 fully saturated rings. The van der Waals surface area contributed by atoms with E-state index in [2.05, 4.69) is 37.6 Å². The number of anilines is 1. The summed E-state index contributed by atoms with van der Waals surface area (Å²) in [5.41, 5.74) is 4.11. The van der Waals surface area contributed by atoms with Crippen LogP contribution in [0.1, 0.15) is 37.5 Å². The predicted molar refractivity (Wildman–Crippen MR) is 91.2 cm³/mol. The fourth-order valence-electron chi connectivity index (χ4n) is 2.78. The van der Waals surface area contributed by atoms with Gasteiger partial charge in [-0.15, -0.1) is 0 Å². The van der Waals surface area contributed by atoms with Crippen LogP contribution < -0.4 is 4.90 Å². The molecule has 0 bridgehead atoms. The average molecular weight is 302 g/mol. The van der Waals surface area contributed by atoms with E-state index in [0.29, 0.717) is 13.1 Å². The first-order valence-electron chi connectivity index (χ1n) is 7.66. The monoisotopic (exact) mass is 302 g/mol. The lowest BCUT2D eigenvalue weighted by molar-refractivity contribution is 0.0243. The number of hydrogen-bond acceptors (Lipinski definition) is 3. The second-order valence-electron chi connectivity index (χ2n) is 6.89. The van der Waals surface area contributed by atoms with Gasteiger partial charge in [0.1, 0.15) is 5.60 Å². The lowest BCUT2D eigenvalue weighted by Gasteiger charge is -2.26. The largest absolute Gasteiger partial charge is 0.444 e. The van der Waals surface area contributed by atoms with Crippen molar-refractivity contribution in [2.75, 3.05) is 25.0 Å². The van der Waals surface area contributed by atoms with Crippen LogP contribution in [0.25, 0.3) is 6.08 Å². The molecule has 0 saturated heterocycles. The van der Waals surface area contributed by atoms with E-state index >= 15 is 0 Å². The Bertz CT molecular complexity index is 587. The number of nitrogens with zero attached hydrogens (tertiary/aromatic N) is 2. The lowest BCUT2D eigenvalue weighted by atomic mass is 10.0. The number of aryl methyl sites for hydroxylation is 1. The predicted octanol–water partition coefficient (Wildman–Crippen LogP) is 3.82. The summed E-state index contributed by atoms with van der Waals surface area (Å²) < 4.78 is 5.52. The van der Waals surface area contributed by atoms with Gasteiger partial charge in [0.2, 0.25) is 0 Å². The molecule has 0 atom stereocenters. The van der Waals surface area contributed by atoms with E-state index in [9.17, 15) is 4.79 Å². The molecule has 0 saturated carbocycles. The van der Waals surface area contributed by atoms with E-state index in [1.165, 1.54) is 5.56 Å². The van der Waals surface area contributed by atoms with Crippen LogP contribution in [0.15, 0.2) is 18.7 Å². The molecule has 1 heterocycles. The minimum absolute atomic E-state index is 0.254. The molecular formula is C18H26N2O2. The van der Waals surface area contributed by atoms with Gasteiger partial charge in [-0.1, -0.05) is 24.3 Å². The number of carbonyl (C=O) groups excluding carboxylic acids is 1. The topological polar surface area (TPSA) is 32.8 Å². The maximum atomic E-state index is 12.4. The molecule has 1 aliphatic rings. The average Bonchev–Trinajstić information content (AvgIpc) is 2.55. The van der Waals surface area contributed by atoms with Gasteiger partial charge in [-0.3, -0.25) is 0 Å². The number of carbonyl (C=O) groups is 1. The van der Waals surface area contributed by atoms with Gasteiger partial charge >= 0.3 is 6.09 Å². The molecule has 0 unspecified atom stereocenters. The van der Waals surface area contributed by atoms with Crippen molar-refractivity contribution in [2.24, 2.45) is 0 Å². The third-order valence-electron chi connectivity index (χ3n) is 3.68. The summed E-state index contributed by atoms with van der Waals surface area (Å²) in [6.45, 7) is 13.6. The van der Waals surface area contributed by atoms with Gasteiger partial charge in [0.05, 0.1) is 6.54 Å². The maximum Gasteiger partial charge on any atom is 0.410 e. The maximum absolute atomic E-state index is 12.4. The summed E-state index contributed by atoms with van der Waals surface area (Å²) in [6.07, 6.45) is 1.63. The Morgan fingerprint density at radius 2 is 2.00 bits per heavy atom. The van der Waals surface area contributed by atoms with Crippen molar-refractivity contribution in [3.63, 3.8) is 0 Å². The minimum Gasteiger partial charge on any atom is -0.444 e. The van der Waals surface area contributed by atoms with Crippen molar-refractivity contribution in [2.45, 2.75) is 39.8 Å². The van der Waals surface area contributed by atoms with Crippen LogP contribution >= 0.6 is 0 Å². The van der Waals surface area contributed by atoms with Gasteiger partial charge < -0.3 is 14.5 Å². The molecule has 0 radical (unpaired) electrons. The molecule has 0 spiro atoms. The van der Waals surface area contributed by atoms with Crippen molar-refractivity contribution >= 4 is 17.9 Å². The highest BCUT2D eigenvalue weighted by atomic mass is 16.6. The lowest BCUT2D eigenvalue weighted by Crippen LogP contribution is -2.38. The van der Waals surface area contributed by atoms with E-state index in [-0.39, 0.29) is 6.09 Å². The Labute approximate surface area is 133 Å².